The minimum atomic E-state index is 0. The summed E-state index contributed by atoms with van der Waals surface area (Å²) >= 11 is 0. The van der Waals surface area contributed by atoms with Crippen molar-refractivity contribution in [2.75, 3.05) is 13.1 Å². The highest BCUT2D eigenvalue weighted by Crippen LogP contribution is 2.30. The third-order valence-electron chi connectivity index (χ3n) is 4.18. The second kappa shape index (κ2) is 5.54. The normalized spacial score (nSPS) is 32.3. The Balaban J connectivity index is 0.00000144. The van der Waals surface area contributed by atoms with Gasteiger partial charge >= 0.3 is 0 Å². The van der Waals surface area contributed by atoms with E-state index >= 15 is 0 Å². The molecule has 2 atom stereocenters. The maximum Gasteiger partial charge on any atom is 0.0863 e. The summed E-state index contributed by atoms with van der Waals surface area (Å²) in [6, 6.07) is 1.78. The number of likely N-dealkylation sites (tertiary alicyclic amines) is 1. The summed E-state index contributed by atoms with van der Waals surface area (Å²) < 4.78 is 1.36. The summed E-state index contributed by atoms with van der Waals surface area (Å²) in [5.41, 5.74) is 0. The predicted octanol–water partition coefficient (Wildman–Crippen LogP) is -0.192. The van der Waals surface area contributed by atoms with Gasteiger partial charge in [-0.25, -0.2) is 0 Å². The van der Waals surface area contributed by atoms with Crippen LogP contribution >= 0.6 is 0 Å². The fourth-order valence-electron chi connectivity index (χ4n) is 3.13. The van der Waals surface area contributed by atoms with Gasteiger partial charge in [0, 0.05) is 0 Å². The standard InChI is InChI=1S/C11H24N.HI/c1-5-12(6-2)10(3)8-7-9-11(12)4;/h10-11H,5-9H2,1-4H3;1H/q+1;/p-1/t10-,11+;. The molecule has 1 aliphatic heterocycles. The SMILES string of the molecule is CC[N+]1(CC)[C@H](C)CCC[C@@H]1C.[I-]. The van der Waals surface area contributed by atoms with E-state index in [0.717, 1.165) is 12.1 Å². The first kappa shape index (κ1) is 13.7. The smallest absolute Gasteiger partial charge is 0.0863 e. The first-order valence-electron chi connectivity index (χ1n) is 5.53. The molecule has 0 aromatic rings. The lowest BCUT2D eigenvalue weighted by Gasteiger charge is -2.50. The van der Waals surface area contributed by atoms with Crippen LogP contribution in [0.1, 0.15) is 47.0 Å². The van der Waals surface area contributed by atoms with Crippen molar-refractivity contribution in [1.82, 2.24) is 0 Å². The summed E-state index contributed by atoms with van der Waals surface area (Å²) in [5, 5.41) is 0. The molecule has 0 aromatic carbocycles. The molecule has 0 N–H and O–H groups in total. The van der Waals surface area contributed by atoms with Gasteiger partial charge < -0.3 is 28.5 Å². The molecule has 2 heteroatoms. The van der Waals surface area contributed by atoms with Crippen LogP contribution in [-0.4, -0.2) is 29.7 Å². The van der Waals surface area contributed by atoms with Gasteiger partial charge in [-0.2, -0.15) is 0 Å². The molecule has 1 rings (SSSR count). The summed E-state index contributed by atoms with van der Waals surface area (Å²) in [6.45, 7) is 12.2. The molecule has 1 aliphatic rings. The van der Waals surface area contributed by atoms with Crippen molar-refractivity contribution in [3.8, 4) is 0 Å². The number of rotatable bonds is 2. The Morgan fingerprint density at radius 1 is 1.00 bits per heavy atom. The van der Waals surface area contributed by atoms with Gasteiger partial charge in [-0.05, 0) is 47.0 Å². The first-order valence-corrected chi connectivity index (χ1v) is 5.53. The van der Waals surface area contributed by atoms with Crippen LogP contribution < -0.4 is 24.0 Å². The van der Waals surface area contributed by atoms with Crippen LogP contribution in [0.5, 0.6) is 0 Å². The van der Waals surface area contributed by atoms with Crippen molar-refractivity contribution in [2.45, 2.75) is 59.0 Å². The lowest BCUT2D eigenvalue weighted by atomic mass is 9.93. The Labute approximate surface area is 100 Å². The average Bonchev–Trinajstić information content (AvgIpc) is 2.06. The molecule has 0 radical (unpaired) electrons. The number of piperidine rings is 1. The number of halogens is 1. The zero-order valence-electron chi connectivity index (χ0n) is 9.52. The molecular formula is C11H24IN. The van der Waals surface area contributed by atoms with Gasteiger partial charge in [-0.3, -0.25) is 0 Å². The van der Waals surface area contributed by atoms with E-state index in [0.29, 0.717) is 0 Å². The summed E-state index contributed by atoms with van der Waals surface area (Å²) in [7, 11) is 0. The lowest BCUT2D eigenvalue weighted by molar-refractivity contribution is -0.972. The quantitative estimate of drug-likeness (QED) is 0.489. The van der Waals surface area contributed by atoms with Crippen LogP contribution in [0.4, 0.5) is 0 Å². The number of nitrogens with zero attached hydrogens (tertiary/aromatic N) is 1. The Morgan fingerprint density at radius 3 is 1.62 bits per heavy atom. The molecule has 0 aromatic heterocycles. The summed E-state index contributed by atoms with van der Waals surface area (Å²) in [4.78, 5) is 0. The Morgan fingerprint density at radius 2 is 1.38 bits per heavy atom. The highest BCUT2D eigenvalue weighted by atomic mass is 127. The zero-order chi connectivity index (χ0) is 9.19. The zero-order valence-corrected chi connectivity index (χ0v) is 11.7. The van der Waals surface area contributed by atoms with Crippen LogP contribution in [0.15, 0.2) is 0 Å². The third kappa shape index (κ3) is 2.38. The van der Waals surface area contributed by atoms with Crippen molar-refractivity contribution in [3.05, 3.63) is 0 Å². The topological polar surface area (TPSA) is 0 Å². The Hall–Kier alpha value is 0.690. The van der Waals surface area contributed by atoms with Gasteiger partial charge in [0.05, 0.1) is 25.2 Å². The maximum atomic E-state index is 2.43. The minimum absolute atomic E-state index is 0. The van der Waals surface area contributed by atoms with E-state index < -0.39 is 0 Å². The van der Waals surface area contributed by atoms with Gasteiger partial charge in [0.15, 0.2) is 0 Å². The molecule has 13 heavy (non-hydrogen) atoms. The lowest BCUT2D eigenvalue weighted by Crippen LogP contribution is -3.00. The van der Waals surface area contributed by atoms with E-state index in [2.05, 4.69) is 27.7 Å². The molecule has 1 saturated heterocycles. The van der Waals surface area contributed by atoms with Gasteiger partial charge in [0.2, 0.25) is 0 Å². The van der Waals surface area contributed by atoms with Crippen LogP contribution in [0.25, 0.3) is 0 Å². The number of quaternary nitrogens is 1. The molecule has 1 heterocycles. The maximum absolute atomic E-state index is 2.43. The van der Waals surface area contributed by atoms with Crippen molar-refractivity contribution in [2.24, 2.45) is 0 Å². The molecule has 0 aliphatic carbocycles. The molecule has 0 saturated carbocycles. The van der Waals surface area contributed by atoms with Gasteiger partial charge in [-0.15, -0.1) is 0 Å². The fraction of sp³-hybridized carbons (Fsp3) is 1.00. The molecule has 80 valence electrons. The van der Waals surface area contributed by atoms with E-state index in [4.69, 9.17) is 0 Å². The van der Waals surface area contributed by atoms with Crippen LogP contribution in [0.3, 0.4) is 0 Å². The summed E-state index contributed by atoms with van der Waals surface area (Å²) in [6.07, 6.45) is 4.32. The van der Waals surface area contributed by atoms with E-state index in [1.54, 1.807) is 0 Å². The molecule has 1 nitrogen and oxygen atoms in total. The number of hydrogen-bond donors (Lipinski definition) is 0. The van der Waals surface area contributed by atoms with Crippen molar-refractivity contribution in [3.63, 3.8) is 0 Å². The molecule has 0 spiro atoms. The van der Waals surface area contributed by atoms with E-state index in [1.165, 1.54) is 36.8 Å². The largest absolute Gasteiger partial charge is 1.00 e. The van der Waals surface area contributed by atoms with Crippen molar-refractivity contribution < 1.29 is 28.5 Å². The third-order valence-corrected chi connectivity index (χ3v) is 4.18. The fourth-order valence-corrected chi connectivity index (χ4v) is 3.13. The molecule has 1 fully saturated rings. The Kier molecular flexibility index (Phi) is 5.84. The number of hydrogen-bond acceptors (Lipinski definition) is 0. The van der Waals surface area contributed by atoms with Crippen molar-refractivity contribution in [1.29, 1.82) is 0 Å². The Bertz CT molecular complexity index is 131. The van der Waals surface area contributed by atoms with Gasteiger partial charge in [0.25, 0.3) is 0 Å². The highest BCUT2D eigenvalue weighted by molar-refractivity contribution is 4.67. The van der Waals surface area contributed by atoms with Crippen LogP contribution in [0, 0.1) is 0 Å². The van der Waals surface area contributed by atoms with Gasteiger partial charge in [-0.1, -0.05) is 0 Å². The average molecular weight is 297 g/mol. The van der Waals surface area contributed by atoms with Crippen LogP contribution in [0.2, 0.25) is 0 Å². The van der Waals surface area contributed by atoms with Gasteiger partial charge in [0.1, 0.15) is 0 Å². The summed E-state index contributed by atoms with van der Waals surface area (Å²) in [5.74, 6) is 0. The molecular weight excluding hydrogens is 273 g/mol. The van der Waals surface area contributed by atoms with E-state index in [-0.39, 0.29) is 24.0 Å². The molecule has 0 unspecified atom stereocenters. The molecule has 0 bridgehead atoms. The van der Waals surface area contributed by atoms with Crippen LogP contribution in [-0.2, 0) is 0 Å². The van der Waals surface area contributed by atoms with E-state index in [1.807, 2.05) is 0 Å². The minimum Gasteiger partial charge on any atom is -1.00 e. The monoisotopic (exact) mass is 297 g/mol. The first-order chi connectivity index (χ1) is 5.67. The second-order valence-corrected chi connectivity index (χ2v) is 4.36. The van der Waals surface area contributed by atoms with E-state index in [9.17, 15) is 0 Å². The predicted molar refractivity (Wildman–Crippen MR) is 54.1 cm³/mol. The second-order valence-electron chi connectivity index (χ2n) is 4.36. The van der Waals surface area contributed by atoms with Crippen molar-refractivity contribution >= 4 is 0 Å². The highest BCUT2D eigenvalue weighted by Gasteiger charge is 2.38. The molecule has 0 amide bonds.